The molecule has 0 unspecified atom stereocenters. The van der Waals surface area contributed by atoms with Crippen LogP contribution in [0.4, 0.5) is 10.5 Å². The van der Waals surface area contributed by atoms with Crippen molar-refractivity contribution in [3.05, 3.63) is 23.8 Å². The van der Waals surface area contributed by atoms with E-state index in [4.69, 9.17) is 0 Å². The van der Waals surface area contributed by atoms with E-state index in [0.29, 0.717) is 10.6 Å². The minimum atomic E-state index is -3.26. The molecule has 2 aliphatic rings. The second kappa shape index (κ2) is 6.13. The molecule has 1 aromatic rings. The monoisotopic (exact) mass is 337 g/mol. The first-order valence-corrected chi connectivity index (χ1v) is 9.54. The molecule has 1 aromatic carbocycles. The van der Waals surface area contributed by atoms with E-state index in [2.05, 4.69) is 10.6 Å². The zero-order valence-corrected chi connectivity index (χ0v) is 14.3. The van der Waals surface area contributed by atoms with Gasteiger partial charge in [-0.05, 0) is 56.0 Å². The fourth-order valence-electron chi connectivity index (χ4n) is 2.90. The standard InChI is InChI=1S/C16H23N3O3S/c1-19(2)16(20)18-11-5-8-15(23(21,22)12-6-7-12)13(10-11)14-4-3-9-17-14/h5,8,10,12,14,17H,3-4,6-7,9H2,1-2H3,(H,18,20)/t14-/m1/s1. The van der Waals surface area contributed by atoms with Gasteiger partial charge in [-0.15, -0.1) is 0 Å². The summed E-state index contributed by atoms with van der Waals surface area (Å²) in [6.07, 6.45) is 3.44. The van der Waals surface area contributed by atoms with E-state index in [0.717, 1.165) is 37.8 Å². The first-order chi connectivity index (χ1) is 10.9. The predicted octanol–water partition coefficient (Wildman–Crippen LogP) is 2.14. The van der Waals surface area contributed by atoms with Gasteiger partial charge in [0, 0.05) is 25.8 Å². The van der Waals surface area contributed by atoms with Crippen LogP contribution in [0, 0.1) is 0 Å². The third-order valence-corrected chi connectivity index (χ3v) is 6.71. The minimum absolute atomic E-state index is 0.0368. The van der Waals surface area contributed by atoms with Crippen LogP contribution in [0.2, 0.25) is 0 Å². The van der Waals surface area contributed by atoms with Crippen LogP contribution >= 0.6 is 0 Å². The van der Waals surface area contributed by atoms with Crippen molar-refractivity contribution in [2.24, 2.45) is 0 Å². The van der Waals surface area contributed by atoms with Crippen molar-refractivity contribution in [1.82, 2.24) is 10.2 Å². The fourth-order valence-corrected chi connectivity index (χ4v) is 4.80. The number of carbonyl (C=O) groups is 1. The lowest BCUT2D eigenvalue weighted by Crippen LogP contribution is -2.27. The highest BCUT2D eigenvalue weighted by atomic mass is 32.2. The van der Waals surface area contributed by atoms with Crippen LogP contribution < -0.4 is 10.6 Å². The van der Waals surface area contributed by atoms with E-state index in [1.165, 1.54) is 4.90 Å². The third-order valence-electron chi connectivity index (χ3n) is 4.37. The summed E-state index contributed by atoms with van der Waals surface area (Å²) in [5.41, 5.74) is 1.41. The average Bonchev–Trinajstić information content (AvgIpc) is 3.23. The van der Waals surface area contributed by atoms with Gasteiger partial charge in [-0.1, -0.05) is 0 Å². The van der Waals surface area contributed by atoms with Crippen LogP contribution in [0.1, 0.15) is 37.3 Å². The summed E-state index contributed by atoms with van der Waals surface area (Å²) in [6.45, 7) is 0.891. The number of rotatable bonds is 4. The highest BCUT2D eigenvalue weighted by molar-refractivity contribution is 7.92. The van der Waals surface area contributed by atoms with Crippen molar-refractivity contribution in [2.45, 2.75) is 41.9 Å². The zero-order valence-electron chi connectivity index (χ0n) is 13.5. The second-order valence-electron chi connectivity index (χ2n) is 6.47. The number of hydrogen-bond acceptors (Lipinski definition) is 4. The summed E-state index contributed by atoms with van der Waals surface area (Å²) in [6, 6.07) is 4.94. The number of anilines is 1. The van der Waals surface area contributed by atoms with Gasteiger partial charge in [-0.25, -0.2) is 13.2 Å². The van der Waals surface area contributed by atoms with Crippen molar-refractivity contribution in [2.75, 3.05) is 26.0 Å². The third kappa shape index (κ3) is 3.35. The summed E-state index contributed by atoms with van der Waals surface area (Å²) >= 11 is 0. The van der Waals surface area contributed by atoms with Gasteiger partial charge in [-0.3, -0.25) is 0 Å². The number of carbonyl (C=O) groups excluding carboxylic acids is 1. The quantitative estimate of drug-likeness (QED) is 0.882. The van der Waals surface area contributed by atoms with E-state index >= 15 is 0 Å². The van der Waals surface area contributed by atoms with Gasteiger partial charge in [0.05, 0.1) is 10.1 Å². The molecule has 23 heavy (non-hydrogen) atoms. The molecule has 0 aromatic heterocycles. The number of nitrogens with one attached hydrogen (secondary N) is 2. The summed E-state index contributed by atoms with van der Waals surface area (Å²) < 4.78 is 25.4. The Hall–Kier alpha value is -1.60. The van der Waals surface area contributed by atoms with Gasteiger partial charge < -0.3 is 15.5 Å². The largest absolute Gasteiger partial charge is 0.331 e. The van der Waals surface area contributed by atoms with Crippen molar-refractivity contribution in [3.8, 4) is 0 Å². The van der Waals surface area contributed by atoms with Gasteiger partial charge in [0.1, 0.15) is 0 Å². The normalized spacial score (nSPS) is 21.2. The molecule has 3 rings (SSSR count). The summed E-state index contributed by atoms with van der Waals surface area (Å²) in [7, 11) is 0.0762. The lowest BCUT2D eigenvalue weighted by Gasteiger charge is -2.19. The van der Waals surface area contributed by atoms with E-state index in [9.17, 15) is 13.2 Å². The molecule has 0 spiro atoms. The Labute approximate surface area is 137 Å². The molecule has 2 amide bonds. The second-order valence-corrected chi connectivity index (χ2v) is 8.67. The van der Waals surface area contributed by atoms with Gasteiger partial charge in [0.2, 0.25) is 0 Å². The lowest BCUT2D eigenvalue weighted by atomic mass is 10.0. The molecule has 0 radical (unpaired) electrons. The Morgan fingerprint density at radius 2 is 2.00 bits per heavy atom. The van der Waals surface area contributed by atoms with Crippen LogP contribution in [-0.2, 0) is 9.84 Å². The van der Waals surface area contributed by atoms with E-state index < -0.39 is 9.84 Å². The molecule has 1 heterocycles. The van der Waals surface area contributed by atoms with E-state index in [1.807, 2.05) is 0 Å². The molecule has 1 atom stereocenters. The first-order valence-electron chi connectivity index (χ1n) is 7.99. The van der Waals surface area contributed by atoms with Crippen molar-refractivity contribution >= 4 is 21.6 Å². The predicted molar refractivity (Wildman–Crippen MR) is 89.3 cm³/mol. The maximum absolute atomic E-state index is 12.7. The molecule has 1 saturated carbocycles. The molecular weight excluding hydrogens is 314 g/mol. The molecular formula is C16H23N3O3S. The average molecular weight is 337 g/mol. The molecule has 1 aliphatic carbocycles. The number of amides is 2. The summed E-state index contributed by atoms with van der Waals surface area (Å²) in [5, 5.41) is 5.92. The molecule has 2 N–H and O–H groups in total. The SMILES string of the molecule is CN(C)C(=O)Nc1ccc(S(=O)(=O)C2CC2)c([C@H]2CCCN2)c1. The fraction of sp³-hybridized carbons (Fsp3) is 0.562. The Morgan fingerprint density at radius 1 is 1.26 bits per heavy atom. The van der Waals surface area contributed by atoms with E-state index in [1.54, 1.807) is 32.3 Å². The van der Waals surface area contributed by atoms with Crippen molar-refractivity contribution in [1.29, 1.82) is 0 Å². The molecule has 2 fully saturated rings. The molecule has 6 nitrogen and oxygen atoms in total. The van der Waals surface area contributed by atoms with Crippen LogP contribution in [0.25, 0.3) is 0 Å². The summed E-state index contributed by atoms with van der Waals surface area (Å²) in [4.78, 5) is 13.7. The Kier molecular flexibility index (Phi) is 4.33. The number of hydrogen-bond donors (Lipinski definition) is 2. The molecule has 1 saturated heterocycles. The van der Waals surface area contributed by atoms with Gasteiger partial charge in [0.25, 0.3) is 0 Å². The van der Waals surface area contributed by atoms with Crippen LogP contribution in [0.15, 0.2) is 23.1 Å². The van der Waals surface area contributed by atoms with Crippen molar-refractivity contribution in [3.63, 3.8) is 0 Å². The Bertz CT molecular complexity index is 705. The number of nitrogens with zero attached hydrogens (tertiary/aromatic N) is 1. The van der Waals surface area contributed by atoms with Crippen molar-refractivity contribution < 1.29 is 13.2 Å². The van der Waals surface area contributed by atoms with E-state index in [-0.39, 0.29) is 17.3 Å². The van der Waals surface area contributed by atoms with Gasteiger partial charge >= 0.3 is 6.03 Å². The molecule has 7 heteroatoms. The number of urea groups is 1. The highest BCUT2D eigenvalue weighted by Crippen LogP contribution is 2.38. The Morgan fingerprint density at radius 3 is 2.57 bits per heavy atom. The van der Waals surface area contributed by atoms with Gasteiger partial charge in [0.15, 0.2) is 9.84 Å². The molecule has 1 aliphatic heterocycles. The van der Waals surface area contributed by atoms with Crippen LogP contribution in [0.5, 0.6) is 0 Å². The zero-order chi connectivity index (χ0) is 16.6. The van der Waals surface area contributed by atoms with Gasteiger partial charge in [-0.2, -0.15) is 0 Å². The number of sulfone groups is 1. The topological polar surface area (TPSA) is 78.5 Å². The van der Waals surface area contributed by atoms with Crippen LogP contribution in [-0.4, -0.2) is 45.2 Å². The number of benzene rings is 1. The lowest BCUT2D eigenvalue weighted by molar-refractivity contribution is 0.230. The molecule has 0 bridgehead atoms. The minimum Gasteiger partial charge on any atom is -0.331 e. The Balaban J connectivity index is 1.97. The summed E-state index contributed by atoms with van der Waals surface area (Å²) in [5.74, 6) is 0. The molecule has 126 valence electrons. The first kappa shape index (κ1) is 16.3. The maximum Gasteiger partial charge on any atom is 0.321 e. The highest BCUT2D eigenvalue weighted by Gasteiger charge is 2.39. The maximum atomic E-state index is 12.7. The smallest absolute Gasteiger partial charge is 0.321 e. The van der Waals surface area contributed by atoms with Crippen LogP contribution in [0.3, 0.4) is 0 Å².